The van der Waals surface area contributed by atoms with E-state index in [4.69, 9.17) is 9.47 Å². The van der Waals surface area contributed by atoms with Crippen LogP contribution in [-0.4, -0.2) is 32.3 Å². The van der Waals surface area contributed by atoms with E-state index >= 15 is 0 Å². The highest BCUT2D eigenvalue weighted by Crippen LogP contribution is 2.02. The molecule has 1 aromatic carbocycles. The molecule has 0 saturated heterocycles. The first kappa shape index (κ1) is 13.7. The Hall–Kier alpha value is -1.39. The Bertz CT molecular complexity index is 327. The second-order valence-corrected chi connectivity index (χ2v) is 3.59. The molecule has 0 heterocycles. The van der Waals surface area contributed by atoms with E-state index in [0.29, 0.717) is 19.8 Å². The van der Waals surface area contributed by atoms with Crippen LogP contribution in [0.2, 0.25) is 0 Å². The summed E-state index contributed by atoms with van der Waals surface area (Å²) in [6.45, 7) is 3.11. The van der Waals surface area contributed by atoms with Gasteiger partial charge in [0.25, 0.3) is 0 Å². The van der Waals surface area contributed by atoms with Crippen molar-refractivity contribution < 1.29 is 14.3 Å². The van der Waals surface area contributed by atoms with Crippen molar-refractivity contribution in [1.29, 1.82) is 0 Å². The lowest BCUT2D eigenvalue weighted by molar-refractivity contribution is -0.149. The normalized spacial score (nSPS) is 12.1. The number of carbonyl (C=O) groups excluding carboxylic acids is 1. The number of nitrogens with one attached hydrogen (secondary N) is 1. The zero-order chi connectivity index (χ0) is 12.5. The molecule has 0 spiro atoms. The second kappa shape index (κ2) is 7.81. The van der Waals surface area contributed by atoms with Crippen LogP contribution in [0, 0.1) is 0 Å². The summed E-state index contributed by atoms with van der Waals surface area (Å²) in [5, 5.41) is 2.87. The molecule has 0 saturated carbocycles. The third-order valence-corrected chi connectivity index (χ3v) is 2.35. The molecule has 0 radical (unpaired) electrons. The summed E-state index contributed by atoms with van der Waals surface area (Å²) in [5.41, 5.74) is 0.979. The van der Waals surface area contributed by atoms with Gasteiger partial charge in [-0.1, -0.05) is 30.3 Å². The van der Waals surface area contributed by atoms with Gasteiger partial charge in [-0.2, -0.15) is 0 Å². The van der Waals surface area contributed by atoms with Crippen LogP contribution in [0.4, 0.5) is 0 Å². The fourth-order valence-corrected chi connectivity index (χ4v) is 1.33. The van der Waals surface area contributed by atoms with Crippen molar-refractivity contribution in [3.8, 4) is 0 Å². The van der Waals surface area contributed by atoms with Gasteiger partial charge in [0.05, 0.1) is 6.61 Å². The minimum Gasteiger partial charge on any atom is -0.460 e. The maximum atomic E-state index is 11.7. The van der Waals surface area contributed by atoms with E-state index in [2.05, 4.69) is 5.32 Å². The maximum absolute atomic E-state index is 11.7. The third-order valence-electron chi connectivity index (χ3n) is 2.35. The van der Waals surface area contributed by atoms with E-state index < -0.39 is 6.04 Å². The van der Waals surface area contributed by atoms with Gasteiger partial charge in [0.15, 0.2) is 0 Å². The maximum Gasteiger partial charge on any atom is 0.325 e. The molecule has 0 aliphatic carbocycles. The van der Waals surface area contributed by atoms with Crippen molar-refractivity contribution in [1.82, 2.24) is 5.32 Å². The zero-order valence-electron chi connectivity index (χ0n) is 10.3. The Morgan fingerprint density at radius 1 is 1.35 bits per heavy atom. The van der Waals surface area contributed by atoms with Crippen LogP contribution in [-0.2, 0) is 20.9 Å². The fraction of sp³-hybridized carbons (Fsp3) is 0.462. The Morgan fingerprint density at radius 3 is 2.65 bits per heavy atom. The number of ether oxygens (including phenoxy) is 2. The predicted octanol–water partition coefficient (Wildman–Crippen LogP) is 1.35. The van der Waals surface area contributed by atoms with Gasteiger partial charge in [0.1, 0.15) is 12.6 Å². The Balaban J connectivity index is 2.37. The van der Waals surface area contributed by atoms with Crippen molar-refractivity contribution in [3.05, 3.63) is 35.9 Å². The Morgan fingerprint density at radius 2 is 2.06 bits per heavy atom. The summed E-state index contributed by atoms with van der Waals surface area (Å²) in [7, 11) is 1.72. The quantitative estimate of drug-likeness (QED) is 0.727. The summed E-state index contributed by atoms with van der Waals surface area (Å²) < 4.78 is 10.4. The predicted molar refractivity (Wildman–Crippen MR) is 65.6 cm³/mol. The van der Waals surface area contributed by atoms with E-state index in [1.807, 2.05) is 37.3 Å². The summed E-state index contributed by atoms with van der Waals surface area (Å²) in [6, 6.07) is 9.20. The Kier molecular flexibility index (Phi) is 6.29. The number of rotatable bonds is 7. The highest BCUT2D eigenvalue weighted by molar-refractivity contribution is 5.75. The molecular formula is C13H19NO3. The van der Waals surface area contributed by atoms with Gasteiger partial charge in [-0.15, -0.1) is 0 Å². The first-order chi connectivity index (χ1) is 8.27. The highest BCUT2D eigenvalue weighted by Gasteiger charge is 2.17. The van der Waals surface area contributed by atoms with Gasteiger partial charge >= 0.3 is 5.97 Å². The summed E-state index contributed by atoms with van der Waals surface area (Å²) in [5.74, 6) is -0.287. The lowest BCUT2D eigenvalue weighted by Crippen LogP contribution is -2.39. The van der Waals surface area contributed by atoms with Crippen molar-refractivity contribution in [2.75, 3.05) is 20.3 Å². The molecule has 1 aromatic rings. The lowest BCUT2D eigenvalue weighted by atomic mass is 10.2. The van der Waals surface area contributed by atoms with Crippen LogP contribution < -0.4 is 5.32 Å². The molecule has 1 unspecified atom stereocenters. The number of carbonyl (C=O) groups is 1. The lowest BCUT2D eigenvalue weighted by Gasteiger charge is -2.14. The van der Waals surface area contributed by atoms with Crippen LogP contribution in [0.5, 0.6) is 0 Å². The van der Waals surface area contributed by atoms with Crippen LogP contribution in [0.1, 0.15) is 12.5 Å². The van der Waals surface area contributed by atoms with Gasteiger partial charge in [-0.3, -0.25) is 4.79 Å². The van der Waals surface area contributed by atoms with Crippen molar-refractivity contribution in [2.45, 2.75) is 19.6 Å². The van der Waals surface area contributed by atoms with Crippen LogP contribution in [0.3, 0.4) is 0 Å². The van der Waals surface area contributed by atoms with E-state index in [1.165, 1.54) is 0 Å². The minimum absolute atomic E-state index is 0.287. The van der Waals surface area contributed by atoms with Gasteiger partial charge in [0.2, 0.25) is 0 Å². The fourth-order valence-electron chi connectivity index (χ4n) is 1.33. The highest BCUT2D eigenvalue weighted by atomic mass is 16.5. The van der Waals surface area contributed by atoms with Crippen molar-refractivity contribution in [2.24, 2.45) is 0 Å². The first-order valence-electron chi connectivity index (χ1n) is 5.73. The molecule has 4 nitrogen and oxygen atoms in total. The van der Waals surface area contributed by atoms with E-state index in [9.17, 15) is 4.79 Å². The molecule has 4 heteroatoms. The third kappa shape index (κ3) is 4.97. The minimum atomic E-state index is -0.404. The molecule has 1 atom stereocenters. The van der Waals surface area contributed by atoms with E-state index in [1.54, 1.807) is 7.05 Å². The zero-order valence-corrected chi connectivity index (χ0v) is 10.3. The van der Waals surface area contributed by atoms with E-state index in [0.717, 1.165) is 5.56 Å². The monoisotopic (exact) mass is 237 g/mol. The molecule has 94 valence electrons. The standard InChI is InChI=1S/C13H19NO3/c1-3-16-10-12(14-2)13(15)17-9-11-7-5-4-6-8-11/h4-8,12,14H,3,9-10H2,1-2H3. The number of likely N-dealkylation sites (N-methyl/N-ethyl adjacent to an activating group) is 1. The van der Waals surface area contributed by atoms with Crippen LogP contribution in [0.15, 0.2) is 30.3 Å². The number of benzene rings is 1. The summed E-state index contributed by atoms with van der Waals surface area (Å²) >= 11 is 0. The van der Waals surface area contributed by atoms with Gasteiger partial charge < -0.3 is 14.8 Å². The second-order valence-electron chi connectivity index (χ2n) is 3.59. The smallest absolute Gasteiger partial charge is 0.325 e. The largest absolute Gasteiger partial charge is 0.460 e. The first-order valence-corrected chi connectivity index (χ1v) is 5.73. The van der Waals surface area contributed by atoms with Crippen LogP contribution in [0.25, 0.3) is 0 Å². The molecule has 0 aliphatic rings. The van der Waals surface area contributed by atoms with Gasteiger partial charge in [0, 0.05) is 6.61 Å². The van der Waals surface area contributed by atoms with Gasteiger partial charge in [-0.05, 0) is 19.5 Å². The molecule has 1 rings (SSSR count). The van der Waals surface area contributed by atoms with Gasteiger partial charge in [-0.25, -0.2) is 0 Å². The Labute approximate surface area is 102 Å². The molecule has 17 heavy (non-hydrogen) atoms. The molecule has 0 aliphatic heterocycles. The molecule has 1 N–H and O–H groups in total. The van der Waals surface area contributed by atoms with E-state index in [-0.39, 0.29) is 5.97 Å². The van der Waals surface area contributed by atoms with Crippen molar-refractivity contribution in [3.63, 3.8) is 0 Å². The number of esters is 1. The number of hydrogen-bond donors (Lipinski definition) is 1. The SMILES string of the molecule is CCOCC(NC)C(=O)OCc1ccccc1. The average Bonchev–Trinajstić information content (AvgIpc) is 2.38. The van der Waals surface area contributed by atoms with Crippen LogP contribution >= 0.6 is 0 Å². The topological polar surface area (TPSA) is 47.6 Å². The summed E-state index contributed by atoms with van der Waals surface area (Å²) in [4.78, 5) is 11.7. The molecular weight excluding hydrogens is 218 g/mol. The molecule has 0 bridgehead atoms. The molecule has 0 fully saturated rings. The number of hydrogen-bond acceptors (Lipinski definition) is 4. The molecule has 0 amide bonds. The summed E-state index contributed by atoms with van der Waals surface area (Å²) in [6.07, 6.45) is 0. The average molecular weight is 237 g/mol. The molecule has 0 aromatic heterocycles. The van der Waals surface area contributed by atoms with Crippen molar-refractivity contribution >= 4 is 5.97 Å².